The number of rotatable bonds is 4. The van der Waals surface area contributed by atoms with Crippen molar-refractivity contribution in [3.63, 3.8) is 0 Å². The molecule has 0 aliphatic heterocycles. The van der Waals surface area contributed by atoms with Gasteiger partial charge in [0.15, 0.2) is 0 Å². The zero-order valence-corrected chi connectivity index (χ0v) is 11.5. The number of aromatic nitrogens is 2. The molecule has 1 heterocycles. The van der Waals surface area contributed by atoms with E-state index in [0.29, 0.717) is 0 Å². The highest BCUT2D eigenvalue weighted by Crippen LogP contribution is 2.28. The van der Waals surface area contributed by atoms with Gasteiger partial charge in [0.25, 0.3) is 5.69 Å². The van der Waals surface area contributed by atoms with Crippen LogP contribution in [0.15, 0.2) is 30.5 Å². The zero-order chi connectivity index (χ0) is 15.6. The number of amides is 1. The molecule has 2 N–H and O–H groups in total. The Bertz CT molecular complexity index is 695. The summed E-state index contributed by atoms with van der Waals surface area (Å²) in [4.78, 5) is 22.3. The maximum Gasteiger partial charge on any atom is 0.271 e. The molecule has 0 fully saturated rings. The number of nitrogens with one attached hydrogen (secondary N) is 1. The molecule has 2 rings (SSSR count). The number of carbonyl (C=O) groups is 1. The van der Waals surface area contributed by atoms with Gasteiger partial charge < -0.3 is 10.4 Å². The molecule has 1 unspecified atom stereocenters. The summed E-state index contributed by atoms with van der Waals surface area (Å²) < 4.78 is 1.52. The van der Waals surface area contributed by atoms with E-state index in [0.717, 1.165) is 23.9 Å². The number of anilines is 1. The van der Waals surface area contributed by atoms with Crippen molar-refractivity contribution in [1.29, 1.82) is 0 Å². The van der Waals surface area contributed by atoms with Crippen LogP contribution in [0, 0.1) is 17.0 Å². The average molecular weight is 290 g/mol. The molecule has 1 amide bonds. The molecule has 0 spiro atoms. The summed E-state index contributed by atoms with van der Waals surface area (Å²) in [5, 5.41) is 26.9. The lowest BCUT2D eigenvalue weighted by molar-refractivity contribution is -0.384. The van der Waals surface area contributed by atoms with Gasteiger partial charge in [-0.25, -0.2) is 0 Å². The Balaban J connectivity index is 2.22. The van der Waals surface area contributed by atoms with E-state index >= 15 is 0 Å². The first kappa shape index (κ1) is 14.5. The number of nitro benzene ring substituents is 1. The van der Waals surface area contributed by atoms with Crippen LogP contribution in [0.5, 0.6) is 5.75 Å². The van der Waals surface area contributed by atoms with Gasteiger partial charge in [0.1, 0.15) is 11.8 Å². The van der Waals surface area contributed by atoms with Crippen LogP contribution < -0.4 is 5.32 Å². The number of phenols is 1. The third kappa shape index (κ3) is 2.99. The van der Waals surface area contributed by atoms with Gasteiger partial charge in [-0.05, 0) is 26.0 Å². The second-order valence-electron chi connectivity index (χ2n) is 4.54. The van der Waals surface area contributed by atoms with Crippen molar-refractivity contribution >= 4 is 17.3 Å². The predicted octanol–water partition coefficient (Wildman–Crippen LogP) is 2.01. The number of hydrogen-bond donors (Lipinski definition) is 2. The molecule has 1 atom stereocenters. The summed E-state index contributed by atoms with van der Waals surface area (Å²) in [5.74, 6) is -0.670. The van der Waals surface area contributed by atoms with E-state index in [1.807, 2.05) is 6.92 Å². The van der Waals surface area contributed by atoms with Gasteiger partial charge in [-0.3, -0.25) is 19.6 Å². The van der Waals surface area contributed by atoms with Crippen LogP contribution in [0.1, 0.15) is 18.7 Å². The Morgan fingerprint density at radius 3 is 2.76 bits per heavy atom. The second-order valence-corrected chi connectivity index (χ2v) is 4.54. The fraction of sp³-hybridized carbons (Fsp3) is 0.231. The van der Waals surface area contributed by atoms with Crippen molar-refractivity contribution in [3.05, 3.63) is 46.3 Å². The maximum atomic E-state index is 12.1. The topological polar surface area (TPSA) is 110 Å². The Hall–Kier alpha value is -2.90. The molecule has 2 aromatic rings. The maximum absolute atomic E-state index is 12.1. The molecule has 1 aromatic heterocycles. The predicted molar refractivity (Wildman–Crippen MR) is 75.1 cm³/mol. The minimum Gasteiger partial charge on any atom is -0.506 e. The van der Waals surface area contributed by atoms with Crippen LogP contribution in [-0.2, 0) is 4.79 Å². The van der Waals surface area contributed by atoms with Gasteiger partial charge in [-0.15, -0.1) is 0 Å². The molecule has 0 saturated heterocycles. The van der Waals surface area contributed by atoms with Gasteiger partial charge in [-0.1, -0.05) is 0 Å². The molecule has 0 bridgehead atoms. The Morgan fingerprint density at radius 2 is 2.19 bits per heavy atom. The van der Waals surface area contributed by atoms with E-state index in [4.69, 9.17) is 0 Å². The molecule has 0 radical (unpaired) electrons. The first-order valence-corrected chi connectivity index (χ1v) is 6.18. The Kier molecular flexibility index (Phi) is 3.88. The van der Waals surface area contributed by atoms with Gasteiger partial charge in [0.2, 0.25) is 5.91 Å². The molecule has 21 heavy (non-hydrogen) atoms. The van der Waals surface area contributed by atoms with Crippen LogP contribution in [0.3, 0.4) is 0 Å². The molecule has 8 nitrogen and oxygen atoms in total. The fourth-order valence-corrected chi connectivity index (χ4v) is 1.87. The minimum absolute atomic E-state index is 0.00846. The van der Waals surface area contributed by atoms with Crippen molar-refractivity contribution in [3.8, 4) is 5.75 Å². The number of nitrogens with zero attached hydrogens (tertiary/aromatic N) is 3. The summed E-state index contributed by atoms with van der Waals surface area (Å²) in [6.45, 7) is 3.45. The van der Waals surface area contributed by atoms with E-state index in [9.17, 15) is 20.0 Å². The zero-order valence-electron chi connectivity index (χ0n) is 11.5. The fourth-order valence-electron chi connectivity index (χ4n) is 1.87. The summed E-state index contributed by atoms with van der Waals surface area (Å²) in [6.07, 6.45) is 1.57. The number of carbonyl (C=O) groups excluding carboxylic acids is 1. The van der Waals surface area contributed by atoms with E-state index in [-0.39, 0.29) is 17.1 Å². The number of benzene rings is 1. The number of phenolic OH excluding ortho intramolecular Hbond substituents is 1. The highest BCUT2D eigenvalue weighted by atomic mass is 16.6. The number of non-ortho nitro benzene ring substituents is 1. The molecule has 8 heteroatoms. The molecule has 1 aromatic carbocycles. The van der Waals surface area contributed by atoms with Crippen LogP contribution in [0.2, 0.25) is 0 Å². The van der Waals surface area contributed by atoms with Gasteiger partial charge in [-0.2, -0.15) is 5.10 Å². The van der Waals surface area contributed by atoms with Crippen molar-refractivity contribution < 1.29 is 14.8 Å². The quantitative estimate of drug-likeness (QED) is 0.508. The highest BCUT2D eigenvalue weighted by Gasteiger charge is 2.19. The number of aromatic hydroxyl groups is 1. The second kappa shape index (κ2) is 5.61. The number of nitro groups is 1. The summed E-state index contributed by atoms with van der Waals surface area (Å²) in [7, 11) is 0. The van der Waals surface area contributed by atoms with E-state index in [1.165, 1.54) is 4.68 Å². The van der Waals surface area contributed by atoms with Gasteiger partial charge in [0.05, 0.1) is 10.6 Å². The Labute approximate surface area is 120 Å². The third-order valence-corrected chi connectivity index (χ3v) is 3.06. The third-order valence-electron chi connectivity index (χ3n) is 3.06. The lowest BCUT2D eigenvalue weighted by atomic mass is 10.2. The van der Waals surface area contributed by atoms with E-state index in [1.54, 1.807) is 19.2 Å². The standard InChI is InChI=1S/C13H14N4O4/c1-8-5-6-14-16(8)9(2)13(19)15-11-7-10(17(20)21)3-4-12(11)18/h3-7,9,18H,1-2H3,(H,15,19). The first-order valence-electron chi connectivity index (χ1n) is 6.18. The smallest absolute Gasteiger partial charge is 0.271 e. The Morgan fingerprint density at radius 1 is 1.48 bits per heavy atom. The minimum atomic E-state index is -0.612. The molecular formula is C13H14N4O4. The molecule has 110 valence electrons. The van der Waals surface area contributed by atoms with Crippen molar-refractivity contribution in [2.45, 2.75) is 19.9 Å². The largest absolute Gasteiger partial charge is 0.506 e. The van der Waals surface area contributed by atoms with Gasteiger partial charge in [0, 0.05) is 24.0 Å². The van der Waals surface area contributed by atoms with Crippen molar-refractivity contribution in [1.82, 2.24) is 9.78 Å². The lowest BCUT2D eigenvalue weighted by Gasteiger charge is -2.15. The van der Waals surface area contributed by atoms with Crippen LogP contribution in [0.25, 0.3) is 0 Å². The first-order chi connectivity index (χ1) is 9.90. The van der Waals surface area contributed by atoms with Crippen LogP contribution in [0.4, 0.5) is 11.4 Å². The molecule has 0 aliphatic rings. The van der Waals surface area contributed by atoms with Crippen molar-refractivity contribution in [2.75, 3.05) is 5.32 Å². The van der Waals surface area contributed by atoms with Crippen LogP contribution >= 0.6 is 0 Å². The normalized spacial score (nSPS) is 11.9. The van der Waals surface area contributed by atoms with Crippen LogP contribution in [-0.4, -0.2) is 25.7 Å². The molecular weight excluding hydrogens is 276 g/mol. The van der Waals surface area contributed by atoms with E-state index in [2.05, 4.69) is 10.4 Å². The summed E-state index contributed by atoms with van der Waals surface area (Å²) >= 11 is 0. The highest BCUT2D eigenvalue weighted by molar-refractivity contribution is 5.95. The summed E-state index contributed by atoms with van der Waals surface area (Å²) in [6, 6.07) is 4.58. The molecule has 0 saturated carbocycles. The monoisotopic (exact) mass is 290 g/mol. The number of aryl methyl sites for hydroxylation is 1. The summed E-state index contributed by atoms with van der Waals surface area (Å²) in [5.41, 5.74) is 0.581. The van der Waals surface area contributed by atoms with E-state index < -0.39 is 16.9 Å². The molecule has 0 aliphatic carbocycles. The van der Waals surface area contributed by atoms with Crippen molar-refractivity contribution in [2.24, 2.45) is 0 Å². The average Bonchev–Trinajstić information content (AvgIpc) is 2.86. The lowest BCUT2D eigenvalue weighted by Crippen LogP contribution is -2.25. The number of hydrogen-bond acceptors (Lipinski definition) is 5. The van der Waals surface area contributed by atoms with Gasteiger partial charge >= 0.3 is 0 Å². The SMILES string of the molecule is Cc1ccnn1C(C)C(=O)Nc1cc([N+](=O)[O-])ccc1O.